The Morgan fingerprint density at radius 2 is 2.00 bits per heavy atom. The molecule has 0 radical (unpaired) electrons. The van der Waals surface area contributed by atoms with E-state index in [9.17, 15) is 14.4 Å². The van der Waals surface area contributed by atoms with E-state index in [-0.39, 0.29) is 35.6 Å². The number of carbonyl (C=O) groups is 2. The Balaban J connectivity index is 1.32. The molecule has 2 amide bonds. The largest absolute Gasteiger partial charge is 0.496 e. The van der Waals surface area contributed by atoms with Gasteiger partial charge in [0.2, 0.25) is 5.91 Å². The summed E-state index contributed by atoms with van der Waals surface area (Å²) >= 11 is 0. The molecule has 7 rings (SSSR count). The summed E-state index contributed by atoms with van der Waals surface area (Å²) in [5.74, 6) is 0.473. The Hall–Kier alpha value is -5.47. The first kappa shape index (κ1) is 24.8. The Morgan fingerprint density at radius 3 is 2.72 bits per heavy atom. The maximum atomic E-state index is 13.7. The van der Waals surface area contributed by atoms with Crippen LogP contribution in [0.5, 0.6) is 5.75 Å². The van der Waals surface area contributed by atoms with Gasteiger partial charge in [-0.3, -0.25) is 18.9 Å². The molecular formula is C31H34N10O5. The van der Waals surface area contributed by atoms with Crippen molar-refractivity contribution in [1.82, 2.24) is 39.2 Å². The lowest BCUT2D eigenvalue weighted by atomic mass is 10.1. The molecule has 4 N–H and O–H groups in total. The Bertz CT molecular complexity index is 2250. The molecule has 5 aromatic heterocycles. The van der Waals surface area contributed by atoms with Gasteiger partial charge in [-0.2, -0.15) is 5.10 Å². The monoisotopic (exact) mass is 630 g/mol. The van der Waals surface area contributed by atoms with Crippen molar-refractivity contribution in [1.29, 1.82) is 0 Å². The number of ether oxygens (including phenoxy) is 2. The summed E-state index contributed by atoms with van der Waals surface area (Å²) in [4.78, 5) is 51.9. The van der Waals surface area contributed by atoms with Crippen LogP contribution in [-0.4, -0.2) is 66.1 Å². The number of aromatic nitrogens is 7. The second-order valence-electron chi connectivity index (χ2n) is 11.6. The van der Waals surface area contributed by atoms with Crippen molar-refractivity contribution in [2.45, 2.75) is 50.2 Å². The van der Waals surface area contributed by atoms with Crippen molar-refractivity contribution in [3.8, 4) is 17.0 Å². The van der Waals surface area contributed by atoms with Gasteiger partial charge in [-0.25, -0.2) is 24.2 Å². The number of methoxy groups -OCH3 is 2. The van der Waals surface area contributed by atoms with Crippen molar-refractivity contribution < 1.29 is 24.5 Å². The topological polar surface area (TPSA) is 186 Å². The molecular weight excluding hydrogens is 592 g/mol. The van der Waals surface area contributed by atoms with Crippen LogP contribution in [-0.2, 0) is 22.0 Å². The summed E-state index contributed by atoms with van der Waals surface area (Å²) in [7, 11) is 2.73. The van der Waals surface area contributed by atoms with Crippen LogP contribution in [0.15, 0.2) is 47.7 Å². The van der Waals surface area contributed by atoms with Gasteiger partial charge in [0.1, 0.15) is 28.6 Å². The minimum atomic E-state index is -2.81. The first-order valence-corrected chi connectivity index (χ1v) is 14.7. The van der Waals surface area contributed by atoms with E-state index in [1.54, 1.807) is 41.3 Å². The highest BCUT2D eigenvalue weighted by atomic mass is 16.5. The van der Waals surface area contributed by atoms with Crippen molar-refractivity contribution in [2.75, 3.05) is 19.5 Å². The number of rotatable bonds is 8. The zero-order chi connectivity index (χ0) is 35.7. The number of hydrogen-bond acceptors (Lipinski definition) is 10. The van der Waals surface area contributed by atoms with Gasteiger partial charge in [0.25, 0.3) is 0 Å². The lowest BCUT2D eigenvalue weighted by Gasteiger charge is -2.15. The van der Waals surface area contributed by atoms with Gasteiger partial charge in [0.05, 0.1) is 38.4 Å². The number of primary amides is 1. The van der Waals surface area contributed by atoms with E-state index in [1.165, 1.54) is 25.0 Å². The predicted molar refractivity (Wildman–Crippen MR) is 169 cm³/mol. The molecule has 0 saturated heterocycles. The number of nitrogens with zero attached hydrogens (tertiary/aromatic N) is 7. The summed E-state index contributed by atoms with van der Waals surface area (Å²) in [6.07, 6.45) is 4.80. The summed E-state index contributed by atoms with van der Waals surface area (Å²) in [5.41, 5.74) is 5.88. The second-order valence-corrected chi connectivity index (χ2v) is 11.6. The molecule has 2 aliphatic rings. The SMILES string of the molecule is [2H]C([2H])([2H])n1c(=O)n([C@@H]2CC[C@@]([2H])(NC(=O)OC)C2)c2cc(Nc3ccc4c(-c5cnccc5OC)nn([C@@]5(C(N)=O)C[C@@H]5C)c4n3)ncc21. The molecule has 238 valence electrons. The third kappa shape index (κ3) is 4.52. The summed E-state index contributed by atoms with van der Waals surface area (Å²) in [6, 6.07) is 4.72. The quantitative estimate of drug-likeness (QED) is 0.230. The van der Waals surface area contributed by atoms with Crippen molar-refractivity contribution >= 4 is 45.7 Å². The lowest BCUT2D eigenvalue weighted by molar-refractivity contribution is -0.123. The normalized spacial score (nSPS) is 25.4. The number of aryl methyl sites for hydroxylation is 1. The van der Waals surface area contributed by atoms with Gasteiger partial charge in [0.15, 0.2) is 5.65 Å². The molecule has 2 fully saturated rings. The number of imidazole rings is 1. The summed E-state index contributed by atoms with van der Waals surface area (Å²) in [5, 5.41) is 11.1. The number of nitrogens with one attached hydrogen (secondary N) is 2. The second kappa shape index (κ2) is 10.9. The van der Waals surface area contributed by atoms with Crippen molar-refractivity contribution in [2.24, 2.45) is 18.6 Å². The molecule has 46 heavy (non-hydrogen) atoms. The predicted octanol–water partition coefficient (Wildman–Crippen LogP) is 2.96. The van der Waals surface area contributed by atoms with Crippen LogP contribution in [0.4, 0.5) is 16.4 Å². The van der Waals surface area contributed by atoms with Gasteiger partial charge in [-0.05, 0) is 49.8 Å². The number of hydrogen-bond donors (Lipinski definition) is 3. The van der Waals surface area contributed by atoms with Gasteiger partial charge in [0, 0.05) is 47.0 Å². The number of pyridine rings is 3. The van der Waals surface area contributed by atoms with E-state index < -0.39 is 42.3 Å². The molecule has 0 bridgehead atoms. The van der Waals surface area contributed by atoms with E-state index in [4.69, 9.17) is 26.0 Å². The van der Waals surface area contributed by atoms with Gasteiger partial charge in [-0.15, -0.1) is 0 Å². The average Bonchev–Trinajstić information content (AvgIpc) is 3.31. The number of carbonyl (C=O) groups excluding carboxylic acids is 2. The Labute approximate surface area is 268 Å². The minimum Gasteiger partial charge on any atom is -0.496 e. The third-order valence-electron chi connectivity index (χ3n) is 8.97. The van der Waals surface area contributed by atoms with E-state index in [0.29, 0.717) is 51.3 Å². The van der Waals surface area contributed by atoms with Crippen LogP contribution >= 0.6 is 0 Å². The fourth-order valence-corrected chi connectivity index (χ4v) is 6.46. The number of fused-ring (bicyclic) bond motifs is 2. The van der Waals surface area contributed by atoms with Crippen molar-refractivity contribution in [3.05, 3.63) is 53.3 Å². The molecule has 5 heterocycles. The van der Waals surface area contributed by atoms with Crippen molar-refractivity contribution in [3.63, 3.8) is 0 Å². The average molecular weight is 631 g/mol. The van der Waals surface area contributed by atoms with Crippen LogP contribution in [0.3, 0.4) is 0 Å². The number of alkyl carbamates (subject to hydrolysis) is 1. The van der Waals surface area contributed by atoms with Gasteiger partial charge in [-0.1, -0.05) is 6.92 Å². The van der Waals surface area contributed by atoms with Crippen LogP contribution in [0, 0.1) is 5.92 Å². The standard InChI is InChI=1S/C31H34N10O5/c1-16-13-31(16,28(32)42)41-27-19(26(38-41)20-14-33-10-9-23(20)45-3)7-8-24(37-27)36-25-12-21-22(15-34-25)39(2)30(44)40(21)18-6-5-17(11-18)35-29(43)46-4/h7-10,12,14-18H,5-6,11,13H2,1-4H3,(H2,32,42)(H,35,43)(H,34,36,37)/t16-,17+,18+,31-/m0/s1/i2D3,17D. The number of nitrogens with two attached hydrogens (primary N) is 1. The fourth-order valence-electron chi connectivity index (χ4n) is 6.46. The van der Waals surface area contributed by atoms with Crippen LogP contribution in [0.1, 0.15) is 44.1 Å². The van der Waals surface area contributed by atoms with Crippen LogP contribution < -0.4 is 26.8 Å². The highest BCUT2D eigenvalue weighted by molar-refractivity contribution is 5.96. The lowest BCUT2D eigenvalue weighted by Crippen LogP contribution is -2.36. The van der Waals surface area contributed by atoms with E-state index in [0.717, 1.165) is 0 Å². The molecule has 0 unspecified atom stereocenters. The molecule has 0 spiro atoms. The first-order valence-electron chi connectivity index (χ1n) is 16.7. The Kier molecular flexibility index (Phi) is 5.85. The highest BCUT2D eigenvalue weighted by Crippen LogP contribution is 2.51. The fraction of sp³-hybridized carbons (Fsp3) is 0.387. The number of amides is 2. The maximum absolute atomic E-state index is 13.7. The number of anilines is 2. The third-order valence-corrected chi connectivity index (χ3v) is 8.97. The van der Waals surface area contributed by atoms with E-state index in [2.05, 4.69) is 25.3 Å². The highest BCUT2D eigenvalue weighted by Gasteiger charge is 2.60. The zero-order valence-corrected chi connectivity index (χ0v) is 25.3. The molecule has 2 saturated carbocycles. The first-order chi connectivity index (χ1) is 23.7. The zero-order valence-electron chi connectivity index (χ0n) is 29.3. The smallest absolute Gasteiger partial charge is 0.407 e. The summed E-state index contributed by atoms with van der Waals surface area (Å²) < 4.78 is 46.7. The van der Waals surface area contributed by atoms with E-state index >= 15 is 0 Å². The van der Waals surface area contributed by atoms with Crippen LogP contribution in [0.2, 0.25) is 0 Å². The molecule has 5 aromatic rings. The summed E-state index contributed by atoms with van der Waals surface area (Å²) in [6.45, 7) is -0.899. The molecule has 0 aromatic carbocycles. The maximum Gasteiger partial charge on any atom is 0.407 e. The molecule has 0 aliphatic heterocycles. The van der Waals surface area contributed by atoms with Crippen LogP contribution in [0.25, 0.3) is 33.3 Å². The van der Waals surface area contributed by atoms with E-state index in [1.807, 2.05) is 6.92 Å². The van der Waals surface area contributed by atoms with Gasteiger partial charge < -0.3 is 25.8 Å². The molecule has 4 atom stereocenters. The molecule has 15 heteroatoms. The molecule has 15 nitrogen and oxygen atoms in total. The van der Waals surface area contributed by atoms with Gasteiger partial charge >= 0.3 is 11.8 Å². The molecule has 2 aliphatic carbocycles. The Morgan fingerprint density at radius 1 is 1.17 bits per heavy atom. The minimum absolute atomic E-state index is 0.0412.